The Hall–Kier alpha value is -2.18. The number of hydrogen-bond donors (Lipinski definition) is 3. The fourth-order valence-electron chi connectivity index (χ4n) is 7.38. The molecule has 2 atom stereocenters. The predicted molar refractivity (Wildman–Crippen MR) is 255 cm³/mol. The predicted octanol–water partition coefficient (Wildman–Crippen LogP) is 15.1. The molecule has 0 saturated heterocycles. The lowest BCUT2D eigenvalue weighted by Crippen LogP contribution is -2.45. The molecule has 0 aliphatic carbocycles. The summed E-state index contributed by atoms with van der Waals surface area (Å²) in [7, 11) is 0. The molecule has 1 amide bonds. The quantitative estimate of drug-likeness (QED) is 0.0246. The van der Waals surface area contributed by atoms with E-state index in [0.717, 1.165) is 77.0 Å². The zero-order valence-electron chi connectivity index (χ0n) is 39.0. The first-order valence-corrected chi connectivity index (χ1v) is 25.4. The Morgan fingerprint density at radius 1 is 0.475 bits per heavy atom. The Labute approximate surface area is 366 Å². The van der Waals surface area contributed by atoms with Crippen molar-refractivity contribution in [1.29, 1.82) is 0 Å². The number of aliphatic hydroxyl groups excluding tert-OH is 2. The first-order chi connectivity index (χ1) is 29.0. The van der Waals surface area contributed by atoms with Gasteiger partial charge < -0.3 is 20.3 Å². The van der Waals surface area contributed by atoms with E-state index in [1.165, 1.54) is 148 Å². The van der Waals surface area contributed by atoms with E-state index in [2.05, 4.69) is 55.6 Å². The van der Waals surface area contributed by atoms with E-state index < -0.39 is 12.1 Å². The second-order valence-corrected chi connectivity index (χ2v) is 17.2. The van der Waals surface area contributed by atoms with E-state index in [1.54, 1.807) is 6.08 Å². The van der Waals surface area contributed by atoms with Gasteiger partial charge in [-0.2, -0.15) is 0 Å². The second kappa shape index (κ2) is 48.5. The van der Waals surface area contributed by atoms with Crippen LogP contribution < -0.4 is 5.32 Å². The van der Waals surface area contributed by atoms with Crippen LogP contribution in [0.1, 0.15) is 251 Å². The minimum absolute atomic E-state index is 0.0239. The van der Waals surface area contributed by atoms with Gasteiger partial charge in [-0.3, -0.25) is 9.59 Å². The molecule has 0 aliphatic rings. The van der Waals surface area contributed by atoms with Gasteiger partial charge in [0.25, 0.3) is 0 Å². The van der Waals surface area contributed by atoms with Gasteiger partial charge in [0, 0.05) is 12.8 Å². The number of rotatable bonds is 46. The van der Waals surface area contributed by atoms with Gasteiger partial charge in [-0.05, 0) is 89.9 Å². The second-order valence-electron chi connectivity index (χ2n) is 17.2. The Morgan fingerprint density at radius 3 is 1.31 bits per heavy atom. The standard InChI is InChI=1S/C53H97NO5/c1-3-5-7-9-11-13-14-15-24-27-31-35-39-43-47-53(58)59-48-44-40-36-32-28-25-22-20-18-16-17-19-21-23-26-30-34-38-42-46-52(57)54-50(49-55)51(56)45-41-37-33-29-12-10-8-6-4-2/h14-15,20,22,25,28,41,45,50-51,55-56H,3-13,16-19,21,23-24,26-27,29-40,42-44,46-49H2,1-2H3,(H,54,57)/b15-14-,22-20-,28-25-,45-41+. The molecule has 344 valence electrons. The van der Waals surface area contributed by atoms with Crippen molar-refractivity contribution in [2.45, 2.75) is 264 Å². The molecule has 0 fully saturated rings. The van der Waals surface area contributed by atoms with Crippen LogP contribution in [0, 0.1) is 0 Å². The Bertz CT molecular complexity index is 1000. The van der Waals surface area contributed by atoms with Gasteiger partial charge >= 0.3 is 5.97 Å². The first kappa shape index (κ1) is 56.8. The topological polar surface area (TPSA) is 95.9 Å². The minimum Gasteiger partial charge on any atom is -0.466 e. The summed E-state index contributed by atoms with van der Waals surface area (Å²) in [5.41, 5.74) is 0. The van der Waals surface area contributed by atoms with Crippen molar-refractivity contribution in [3.05, 3.63) is 48.6 Å². The minimum atomic E-state index is -0.849. The third-order valence-electron chi connectivity index (χ3n) is 11.3. The number of ether oxygens (including phenoxy) is 1. The molecule has 3 N–H and O–H groups in total. The van der Waals surface area contributed by atoms with Crippen LogP contribution in [-0.4, -0.2) is 47.4 Å². The van der Waals surface area contributed by atoms with Crippen molar-refractivity contribution in [3.8, 4) is 0 Å². The number of unbranched alkanes of at least 4 members (excludes halogenated alkanes) is 30. The maximum absolute atomic E-state index is 12.4. The van der Waals surface area contributed by atoms with Crippen molar-refractivity contribution in [1.82, 2.24) is 5.32 Å². The highest BCUT2D eigenvalue weighted by Gasteiger charge is 2.18. The molecule has 59 heavy (non-hydrogen) atoms. The van der Waals surface area contributed by atoms with Crippen LogP contribution >= 0.6 is 0 Å². The molecule has 0 aromatic rings. The summed E-state index contributed by atoms with van der Waals surface area (Å²) in [4.78, 5) is 24.4. The lowest BCUT2D eigenvalue weighted by atomic mass is 10.0. The highest BCUT2D eigenvalue weighted by atomic mass is 16.5. The molecule has 0 bridgehead atoms. The van der Waals surface area contributed by atoms with E-state index in [4.69, 9.17) is 4.74 Å². The van der Waals surface area contributed by atoms with Gasteiger partial charge in [-0.15, -0.1) is 0 Å². The van der Waals surface area contributed by atoms with Gasteiger partial charge in [0.05, 0.1) is 25.4 Å². The highest BCUT2D eigenvalue weighted by Crippen LogP contribution is 2.14. The fraction of sp³-hybridized carbons (Fsp3) is 0.811. The van der Waals surface area contributed by atoms with Crippen molar-refractivity contribution >= 4 is 11.9 Å². The van der Waals surface area contributed by atoms with Crippen LogP contribution in [0.3, 0.4) is 0 Å². The van der Waals surface area contributed by atoms with Crippen molar-refractivity contribution in [2.24, 2.45) is 0 Å². The molecule has 6 nitrogen and oxygen atoms in total. The zero-order chi connectivity index (χ0) is 43.0. The number of amides is 1. The molecule has 2 unspecified atom stereocenters. The fourth-order valence-corrected chi connectivity index (χ4v) is 7.38. The molecule has 0 aromatic heterocycles. The number of hydrogen-bond acceptors (Lipinski definition) is 5. The molecular formula is C53H97NO5. The van der Waals surface area contributed by atoms with Crippen LogP contribution in [-0.2, 0) is 14.3 Å². The number of allylic oxidation sites excluding steroid dienone is 7. The molecule has 0 rings (SSSR count). The molecule has 0 spiro atoms. The SMILES string of the molecule is CCCCCCC/C=C\CCCCCCCC(=O)OCCCCC/C=C\C=C/CCCCCCCCCCCCC(=O)NC(CO)C(O)/C=C/CCCCCCCCC. The maximum Gasteiger partial charge on any atom is 0.305 e. The molecule has 0 radical (unpaired) electrons. The van der Waals surface area contributed by atoms with Gasteiger partial charge in [-0.25, -0.2) is 0 Å². The third kappa shape index (κ3) is 45.2. The van der Waals surface area contributed by atoms with Crippen molar-refractivity contribution in [3.63, 3.8) is 0 Å². The number of carbonyl (C=O) groups excluding carboxylic acids is 2. The zero-order valence-corrected chi connectivity index (χ0v) is 39.0. The summed E-state index contributed by atoms with van der Waals surface area (Å²) in [6.07, 6.45) is 59.8. The van der Waals surface area contributed by atoms with Crippen LogP contribution in [0.2, 0.25) is 0 Å². The van der Waals surface area contributed by atoms with E-state index >= 15 is 0 Å². The van der Waals surface area contributed by atoms with Crippen LogP contribution in [0.5, 0.6) is 0 Å². The molecule has 6 heteroatoms. The van der Waals surface area contributed by atoms with Gasteiger partial charge in [0.2, 0.25) is 5.91 Å². The monoisotopic (exact) mass is 828 g/mol. The number of carbonyl (C=O) groups is 2. The number of aliphatic hydroxyl groups is 2. The van der Waals surface area contributed by atoms with Gasteiger partial charge in [0.15, 0.2) is 0 Å². The molecule has 0 heterocycles. The number of nitrogens with one attached hydrogen (secondary N) is 1. The number of esters is 1. The van der Waals surface area contributed by atoms with E-state index in [0.29, 0.717) is 19.4 Å². The average Bonchev–Trinajstić information content (AvgIpc) is 3.24. The average molecular weight is 828 g/mol. The van der Waals surface area contributed by atoms with Crippen LogP contribution in [0.4, 0.5) is 0 Å². The first-order valence-electron chi connectivity index (χ1n) is 25.4. The smallest absolute Gasteiger partial charge is 0.305 e. The highest BCUT2D eigenvalue weighted by molar-refractivity contribution is 5.76. The summed E-state index contributed by atoms with van der Waals surface area (Å²) >= 11 is 0. The van der Waals surface area contributed by atoms with E-state index in [1.807, 2.05) is 6.08 Å². The van der Waals surface area contributed by atoms with E-state index in [9.17, 15) is 19.8 Å². The summed E-state index contributed by atoms with van der Waals surface area (Å²) < 4.78 is 5.43. The Balaban J connectivity index is 3.50. The van der Waals surface area contributed by atoms with Crippen molar-refractivity contribution < 1.29 is 24.5 Å². The summed E-state index contributed by atoms with van der Waals surface area (Å²) in [5, 5.41) is 22.9. The Kier molecular flexibility index (Phi) is 46.7. The van der Waals surface area contributed by atoms with Gasteiger partial charge in [-0.1, -0.05) is 197 Å². The molecule has 0 aromatic carbocycles. The third-order valence-corrected chi connectivity index (χ3v) is 11.3. The summed E-state index contributed by atoms with van der Waals surface area (Å²) in [5.74, 6) is -0.106. The van der Waals surface area contributed by atoms with Crippen molar-refractivity contribution in [2.75, 3.05) is 13.2 Å². The molecule has 0 saturated carbocycles. The molecular weight excluding hydrogens is 731 g/mol. The van der Waals surface area contributed by atoms with Crippen LogP contribution in [0.25, 0.3) is 0 Å². The molecule has 0 aliphatic heterocycles. The van der Waals surface area contributed by atoms with E-state index in [-0.39, 0.29) is 18.5 Å². The maximum atomic E-state index is 12.4. The normalized spacial score (nSPS) is 13.1. The Morgan fingerprint density at radius 2 is 0.847 bits per heavy atom. The lowest BCUT2D eigenvalue weighted by Gasteiger charge is -2.20. The summed E-state index contributed by atoms with van der Waals surface area (Å²) in [6, 6.07) is -0.634. The van der Waals surface area contributed by atoms with Crippen LogP contribution in [0.15, 0.2) is 48.6 Å². The summed E-state index contributed by atoms with van der Waals surface area (Å²) in [6.45, 7) is 4.81. The van der Waals surface area contributed by atoms with Gasteiger partial charge in [0.1, 0.15) is 0 Å². The lowest BCUT2D eigenvalue weighted by molar-refractivity contribution is -0.143. The largest absolute Gasteiger partial charge is 0.466 e.